The lowest BCUT2D eigenvalue weighted by molar-refractivity contribution is 0.0640. The number of carbonyl (C=O) groups is 1. The van der Waals surface area contributed by atoms with Crippen molar-refractivity contribution >= 4 is 28.3 Å². The highest BCUT2D eigenvalue weighted by atomic mass is 32.1. The highest BCUT2D eigenvalue weighted by Gasteiger charge is 2.30. The average Bonchev–Trinajstić information content (AvgIpc) is 3.52. The first-order chi connectivity index (χ1) is 15.5. The maximum absolute atomic E-state index is 13.5. The highest BCUT2D eigenvalue weighted by molar-refractivity contribution is 7.09. The number of pyridine rings is 1. The molecule has 1 amide bonds. The van der Waals surface area contributed by atoms with Crippen LogP contribution in [0, 0.1) is 0 Å². The molecule has 0 aromatic carbocycles. The van der Waals surface area contributed by atoms with Gasteiger partial charge in [-0.3, -0.25) is 24.0 Å². The summed E-state index contributed by atoms with van der Waals surface area (Å²) in [6, 6.07) is 6.01. The molecule has 1 saturated heterocycles. The van der Waals surface area contributed by atoms with Gasteiger partial charge in [-0.25, -0.2) is 9.78 Å². The predicted octanol–water partition coefficient (Wildman–Crippen LogP) is 2.04. The monoisotopic (exact) mass is 453 g/mol. The molecule has 9 heteroatoms. The van der Waals surface area contributed by atoms with E-state index in [9.17, 15) is 14.4 Å². The minimum atomic E-state index is -0.539. The minimum absolute atomic E-state index is 0.149. The summed E-state index contributed by atoms with van der Waals surface area (Å²) in [5, 5.41) is 2.32. The van der Waals surface area contributed by atoms with Crippen molar-refractivity contribution in [3.8, 4) is 0 Å². The van der Waals surface area contributed by atoms with Gasteiger partial charge in [0.15, 0.2) is 5.65 Å². The first kappa shape index (κ1) is 21.1. The van der Waals surface area contributed by atoms with Crippen molar-refractivity contribution < 1.29 is 4.79 Å². The highest BCUT2D eigenvalue weighted by Crippen LogP contribution is 2.40. The topological polar surface area (TPSA) is 91.3 Å². The van der Waals surface area contributed by atoms with Crippen LogP contribution >= 0.6 is 11.3 Å². The van der Waals surface area contributed by atoms with Crippen LogP contribution in [0.25, 0.3) is 11.0 Å². The van der Waals surface area contributed by atoms with Crippen LogP contribution < -0.4 is 11.2 Å². The molecule has 32 heavy (non-hydrogen) atoms. The number of hydrogen-bond acceptors (Lipinski definition) is 6. The van der Waals surface area contributed by atoms with E-state index in [0.29, 0.717) is 36.8 Å². The van der Waals surface area contributed by atoms with E-state index in [1.807, 2.05) is 11.8 Å². The van der Waals surface area contributed by atoms with Gasteiger partial charge in [-0.05, 0) is 43.7 Å². The van der Waals surface area contributed by atoms with Crippen molar-refractivity contribution in [2.24, 2.45) is 0 Å². The molecule has 1 aliphatic carbocycles. The number of carbonyl (C=O) groups excluding carboxylic acids is 1. The second-order valence-electron chi connectivity index (χ2n) is 8.53. The van der Waals surface area contributed by atoms with Crippen molar-refractivity contribution in [1.82, 2.24) is 24.3 Å². The number of hydrogen-bond donors (Lipinski definition) is 1. The molecule has 0 bridgehead atoms. The third-order valence-electron chi connectivity index (χ3n) is 6.42. The van der Waals surface area contributed by atoms with E-state index in [1.165, 1.54) is 9.44 Å². The van der Waals surface area contributed by atoms with Crippen molar-refractivity contribution in [2.75, 3.05) is 32.7 Å². The quantitative estimate of drug-likeness (QED) is 0.617. The van der Waals surface area contributed by atoms with Crippen LogP contribution in [0.4, 0.5) is 0 Å². The zero-order valence-electron chi connectivity index (χ0n) is 18.2. The molecule has 5 rings (SSSR count). The molecule has 3 aromatic rings. The van der Waals surface area contributed by atoms with E-state index < -0.39 is 11.2 Å². The Morgan fingerprint density at radius 2 is 2.00 bits per heavy atom. The molecule has 168 valence electrons. The number of aromatic nitrogens is 3. The van der Waals surface area contributed by atoms with E-state index in [1.54, 1.807) is 17.4 Å². The van der Waals surface area contributed by atoms with Crippen molar-refractivity contribution in [3.63, 3.8) is 0 Å². The zero-order chi connectivity index (χ0) is 22.2. The van der Waals surface area contributed by atoms with Gasteiger partial charge in [-0.1, -0.05) is 6.07 Å². The Bertz CT molecular complexity index is 1250. The molecule has 0 radical (unpaired) electrons. The Morgan fingerprint density at radius 1 is 1.22 bits per heavy atom. The second kappa shape index (κ2) is 8.63. The lowest BCUT2D eigenvalue weighted by Gasteiger charge is -2.35. The van der Waals surface area contributed by atoms with Crippen molar-refractivity contribution in [3.05, 3.63) is 60.6 Å². The minimum Gasteiger partial charge on any atom is -0.336 e. The first-order valence-corrected chi connectivity index (χ1v) is 12.1. The van der Waals surface area contributed by atoms with Crippen molar-refractivity contribution in [1.29, 1.82) is 0 Å². The number of rotatable bonds is 6. The molecule has 1 N–H and O–H groups in total. The fourth-order valence-corrected chi connectivity index (χ4v) is 5.11. The second-order valence-corrected chi connectivity index (χ2v) is 9.57. The van der Waals surface area contributed by atoms with Crippen molar-refractivity contribution in [2.45, 2.75) is 38.6 Å². The number of piperazine rings is 1. The molecule has 8 nitrogen and oxygen atoms in total. The Labute approximate surface area is 189 Å². The van der Waals surface area contributed by atoms with Gasteiger partial charge in [0, 0.05) is 55.8 Å². The summed E-state index contributed by atoms with van der Waals surface area (Å²) in [5.74, 6) is 0.156. The number of aromatic amines is 1. The fraction of sp³-hybridized carbons (Fsp3) is 0.478. The number of thiophene rings is 1. The van der Waals surface area contributed by atoms with Crippen LogP contribution in [-0.2, 0) is 13.0 Å². The lowest BCUT2D eigenvalue weighted by atomic mass is 10.1. The van der Waals surface area contributed by atoms with E-state index in [2.05, 4.69) is 32.4 Å². The standard InChI is InChI=1S/C23H27N5O3S/c1-2-28-20-19(21(29)25-23(28)31)17(14-18(24-20)15-5-6-15)22(30)27-11-9-26(10-12-27)8-7-16-4-3-13-32-16/h3-4,13-15H,2,5-12H2,1H3,(H,25,29,31). The molecule has 0 atom stereocenters. The Kier molecular flexibility index (Phi) is 5.69. The zero-order valence-corrected chi connectivity index (χ0v) is 19.0. The number of fused-ring (bicyclic) bond motifs is 1. The maximum Gasteiger partial charge on any atom is 0.329 e. The third-order valence-corrected chi connectivity index (χ3v) is 7.36. The van der Waals surface area contributed by atoms with Gasteiger partial charge < -0.3 is 4.90 Å². The van der Waals surface area contributed by atoms with E-state index in [4.69, 9.17) is 0 Å². The smallest absolute Gasteiger partial charge is 0.329 e. The fourth-order valence-electron chi connectivity index (χ4n) is 4.41. The summed E-state index contributed by atoms with van der Waals surface area (Å²) in [6.07, 6.45) is 3.07. The summed E-state index contributed by atoms with van der Waals surface area (Å²) in [4.78, 5) is 51.2. The molecule has 2 fully saturated rings. The molecule has 4 heterocycles. The summed E-state index contributed by atoms with van der Waals surface area (Å²) in [6.45, 7) is 6.06. The van der Waals surface area contributed by atoms with Crippen LogP contribution in [-0.4, -0.2) is 63.0 Å². The predicted molar refractivity (Wildman–Crippen MR) is 125 cm³/mol. The number of amides is 1. The molecule has 0 spiro atoms. The largest absolute Gasteiger partial charge is 0.336 e. The SMILES string of the molecule is CCn1c(=O)[nH]c(=O)c2c(C(=O)N3CCN(CCc4cccs4)CC3)cc(C3CC3)nc21. The van der Waals surface area contributed by atoms with Gasteiger partial charge in [0.05, 0.1) is 10.9 Å². The van der Waals surface area contributed by atoms with Gasteiger partial charge in [0.25, 0.3) is 11.5 Å². The molecular formula is C23H27N5O3S. The van der Waals surface area contributed by atoms with E-state index >= 15 is 0 Å². The lowest BCUT2D eigenvalue weighted by Crippen LogP contribution is -2.49. The first-order valence-electron chi connectivity index (χ1n) is 11.3. The summed E-state index contributed by atoms with van der Waals surface area (Å²) in [5.41, 5.74) is 0.476. The number of nitrogens with zero attached hydrogens (tertiary/aromatic N) is 4. The molecule has 0 unspecified atom stereocenters. The van der Waals surface area contributed by atoms with Crippen LogP contribution in [0.15, 0.2) is 33.2 Å². The Balaban J connectivity index is 1.41. The molecule has 1 saturated carbocycles. The molecule has 2 aliphatic rings. The van der Waals surface area contributed by atoms with Gasteiger partial charge in [-0.2, -0.15) is 0 Å². The summed E-state index contributed by atoms with van der Waals surface area (Å²) < 4.78 is 1.45. The van der Waals surface area contributed by atoms with Crippen LogP contribution in [0.3, 0.4) is 0 Å². The van der Waals surface area contributed by atoms with Gasteiger partial charge >= 0.3 is 5.69 Å². The molecule has 1 aliphatic heterocycles. The maximum atomic E-state index is 13.5. The summed E-state index contributed by atoms with van der Waals surface area (Å²) in [7, 11) is 0. The third kappa shape index (κ3) is 4.02. The normalized spacial score (nSPS) is 17.2. The molecule has 3 aromatic heterocycles. The van der Waals surface area contributed by atoms with Crippen LogP contribution in [0.1, 0.15) is 46.6 Å². The summed E-state index contributed by atoms with van der Waals surface area (Å²) >= 11 is 1.78. The number of nitrogens with one attached hydrogen (secondary N) is 1. The van der Waals surface area contributed by atoms with E-state index in [0.717, 1.165) is 44.6 Å². The van der Waals surface area contributed by atoms with Gasteiger partial charge in [0.1, 0.15) is 0 Å². The van der Waals surface area contributed by atoms with Crippen LogP contribution in [0.5, 0.6) is 0 Å². The number of aryl methyl sites for hydroxylation is 1. The average molecular weight is 454 g/mol. The Hall–Kier alpha value is -2.78. The molecular weight excluding hydrogens is 426 g/mol. The Morgan fingerprint density at radius 3 is 2.66 bits per heavy atom. The number of H-pyrrole nitrogens is 1. The van der Waals surface area contributed by atoms with Crippen LogP contribution in [0.2, 0.25) is 0 Å². The van der Waals surface area contributed by atoms with Gasteiger partial charge in [-0.15, -0.1) is 11.3 Å². The van der Waals surface area contributed by atoms with Gasteiger partial charge in [0.2, 0.25) is 0 Å². The van der Waals surface area contributed by atoms with E-state index in [-0.39, 0.29) is 11.3 Å².